The van der Waals surface area contributed by atoms with Gasteiger partial charge in [0, 0.05) is 36.9 Å². The summed E-state index contributed by atoms with van der Waals surface area (Å²) in [7, 11) is 0. The molecule has 0 aliphatic carbocycles. The van der Waals surface area contributed by atoms with Crippen LogP contribution in [0.15, 0.2) is 72.8 Å². The Morgan fingerprint density at radius 3 is 2.36 bits per heavy atom. The Morgan fingerprint density at radius 2 is 1.64 bits per heavy atom. The Kier molecular flexibility index (Phi) is 7.73. The van der Waals surface area contributed by atoms with Gasteiger partial charge in [-0.2, -0.15) is 0 Å². The molecule has 4 N–H and O–H groups in total. The first-order chi connectivity index (χ1) is 21.8. The molecule has 3 amide bonds. The fraction of sp³-hybridized carbons (Fsp3) is 0.417. The number of primary amides is 1. The lowest BCUT2D eigenvalue weighted by Gasteiger charge is -2.45. The predicted molar refractivity (Wildman–Crippen MR) is 175 cm³/mol. The lowest BCUT2D eigenvalue weighted by molar-refractivity contribution is 0.0604. The van der Waals surface area contributed by atoms with E-state index in [2.05, 4.69) is 76.3 Å². The monoisotopic (exact) mass is 606 g/mol. The van der Waals surface area contributed by atoms with E-state index in [0.29, 0.717) is 36.9 Å². The number of piperidine rings is 2. The maximum atomic E-state index is 13.5. The summed E-state index contributed by atoms with van der Waals surface area (Å²) in [6.45, 7) is 4.40. The maximum Gasteiger partial charge on any atom is 0.316 e. The first-order valence-corrected chi connectivity index (χ1v) is 16.2. The molecular formula is C36H42N6O3. The highest BCUT2D eigenvalue weighted by Crippen LogP contribution is 2.45. The van der Waals surface area contributed by atoms with Crippen LogP contribution in [0.25, 0.3) is 11.0 Å². The molecule has 45 heavy (non-hydrogen) atoms. The molecule has 3 atom stereocenters. The number of nitrogens with zero attached hydrogens (tertiary/aromatic N) is 4. The van der Waals surface area contributed by atoms with Crippen molar-refractivity contribution >= 4 is 28.7 Å². The number of fused-ring (bicyclic) bond motifs is 3. The normalized spacial score (nSPS) is 22.9. The number of amides is 3. The molecule has 1 aromatic heterocycles. The van der Waals surface area contributed by atoms with Gasteiger partial charge >= 0.3 is 6.03 Å². The van der Waals surface area contributed by atoms with Gasteiger partial charge in [-0.05, 0) is 99.7 Å². The van der Waals surface area contributed by atoms with Crippen LogP contribution in [-0.2, 0) is 5.41 Å². The van der Waals surface area contributed by atoms with E-state index in [4.69, 9.17) is 10.7 Å². The summed E-state index contributed by atoms with van der Waals surface area (Å²) in [5, 5.41) is 13.0. The van der Waals surface area contributed by atoms with Crippen molar-refractivity contribution in [2.45, 2.75) is 75.4 Å². The number of phenolic OH excluding ortho intramolecular Hbond substituents is 1. The van der Waals surface area contributed by atoms with Crippen molar-refractivity contribution < 1.29 is 14.7 Å². The first-order valence-electron chi connectivity index (χ1n) is 16.2. The van der Waals surface area contributed by atoms with Gasteiger partial charge in [0.2, 0.25) is 0 Å². The Morgan fingerprint density at radius 1 is 0.956 bits per heavy atom. The van der Waals surface area contributed by atoms with E-state index in [0.717, 1.165) is 50.0 Å². The summed E-state index contributed by atoms with van der Waals surface area (Å²) < 4.78 is 2.49. The summed E-state index contributed by atoms with van der Waals surface area (Å²) in [4.78, 5) is 34.4. The molecule has 0 spiro atoms. The van der Waals surface area contributed by atoms with Crippen molar-refractivity contribution in [3.8, 4) is 5.75 Å². The van der Waals surface area contributed by atoms with E-state index in [1.807, 2.05) is 4.90 Å². The Bertz CT molecular complexity index is 1700. The van der Waals surface area contributed by atoms with Crippen LogP contribution in [0, 0.1) is 6.92 Å². The van der Waals surface area contributed by atoms with Crippen molar-refractivity contribution in [2.75, 3.05) is 25.0 Å². The summed E-state index contributed by atoms with van der Waals surface area (Å²) >= 11 is 0. The lowest BCUT2D eigenvalue weighted by Crippen LogP contribution is -2.49. The first kappa shape index (κ1) is 29.3. The minimum Gasteiger partial charge on any atom is -0.507 e. The number of carbonyl (C=O) groups is 2. The molecule has 3 fully saturated rings. The second-order valence-electron chi connectivity index (χ2n) is 13.2. The molecule has 3 aromatic carbocycles. The number of imidazole rings is 1. The standard InChI is InChI=1S/C36H42N6O3/c1-24-38-31-9-5-6-10-32(31)42(24)29-22-27-12-13-28(23-29)41(27)20-17-36(25-7-3-2-4-8-25)15-18-40(19-16-36)34(44)30-21-26(39-35(37)45)11-14-33(30)43/h2-11,14,21,27-29,43H,12-13,15-20,22-23H2,1H3,(H3,37,39,45)/t27-,28+,29?. The second-order valence-corrected chi connectivity index (χ2v) is 13.2. The number of hydrogen-bond acceptors (Lipinski definition) is 5. The number of aromatic nitrogens is 2. The van der Waals surface area contributed by atoms with Gasteiger partial charge in [-0.25, -0.2) is 9.78 Å². The van der Waals surface area contributed by atoms with Crippen LogP contribution in [-0.4, -0.2) is 68.1 Å². The smallest absolute Gasteiger partial charge is 0.316 e. The number of carbonyl (C=O) groups excluding carboxylic acids is 2. The molecule has 9 nitrogen and oxygen atoms in total. The minimum atomic E-state index is -0.715. The summed E-state index contributed by atoms with van der Waals surface area (Å²) in [6.07, 6.45) is 7.58. The van der Waals surface area contributed by atoms with Gasteiger partial charge in [0.1, 0.15) is 11.6 Å². The third-order valence-electron chi connectivity index (χ3n) is 10.7. The van der Waals surface area contributed by atoms with Crippen LogP contribution in [0.1, 0.15) is 72.7 Å². The van der Waals surface area contributed by atoms with Gasteiger partial charge in [-0.15, -0.1) is 0 Å². The number of likely N-dealkylation sites (tertiary alicyclic amines) is 1. The molecule has 0 saturated carbocycles. The number of anilines is 1. The third kappa shape index (κ3) is 5.54. The summed E-state index contributed by atoms with van der Waals surface area (Å²) in [5.41, 5.74) is 9.47. The number of urea groups is 1. The second kappa shape index (κ2) is 11.9. The molecule has 4 aromatic rings. The topological polar surface area (TPSA) is 117 Å². The van der Waals surface area contributed by atoms with E-state index in [-0.39, 0.29) is 22.6 Å². The van der Waals surface area contributed by atoms with Crippen LogP contribution in [0.2, 0.25) is 0 Å². The van der Waals surface area contributed by atoms with Crippen molar-refractivity contribution in [2.24, 2.45) is 5.73 Å². The van der Waals surface area contributed by atoms with Crippen molar-refractivity contribution in [3.63, 3.8) is 0 Å². The van der Waals surface area contributed by atoms with Crippen LogP contribution >= 0.6 is 0 Å². The van der Waals surface area contributed by atoms with Gasteiger partial charge in [0.25, 0.3) is 5.91 Å². The molecule has 3 aliphatic heterocycles. The van der Waals surface area contributed by atoms with Gasteiger partial charge in [0.05, 0.1) is 16.6 Å². The van der Waals surface area contributed by atoms with Gasteiger partial charge in [-0.3, -0.25) is 9.69 Å². The van der Waals surface area contributed by atoms with Crippen molar-refractivity contribution in [1.29, 1.82) is 0 Å². The highest BCUT2D eigenvalue weighted by molar-refractivity contribution is 5.99. The fourth-order valence-electron chi connectivity index (χ4n) is 8.50. The molecule has 3 aliphatic rings. The molecule has 7 rings (SSSR count). The Hall–Kier alpha value is -4.37. The number of aryl methyl sites for hydroxylation is 1. The van der Waals surface area contributed by atoms with Gasteiger partial charge < -0.3 is 25.6 Å². The molecule has 9 heteroatoms. The quantitative estimate of drug-likeness (QED) is 0.224. The summed E-state index contributed by atoms with van der Waals surface area (Å²) in [6, 6.07) is 24.7. The molecule has 2 bridgehead atoms. The molecule has 3 saturated heterocycles. The average Bonchev–Trinajstić information content (AvgIpc) is 3.51. The SMILES string of the molecule is Cc1nc2ccccc2n1C1C[C@H]2CC[C@@H](C1)N2CCC1(c2ccccc2)CCN(C(=O)c2cc(NC(N)=O)ccc2O)CC1. The average molecular weight is 607 g/mol. The molecule has 0 radical (unpaired) electrons. The van der Waals surface area contributed by atoms with E-state index < -0.39 is 6.03 Å². The lowest BCUT2D eigenvalue weighted by atomic mass is 9.70. The van der Waals surface area contributed by atoms with E-state index >= 15 is 0 Å². The Balaban J connectivity index is 1.06. The number of rotatable bonds is 7. The zero-order valence-corrected chi connectivity index (χ0v) is 25.9. The van der Waals surface area contributed by atoms with Crippen LogP contribution in [0.3, 0.4) is 0 Å². The highest BCUT2D eigenvalue weighted by Gasteiger charge is 2.44. The number of phenols is 1. The molecular weight excluding hydrogens is 564 g/mol. The number of nitrogens with one attached hydrogen (secondary N) is 1. The minimum absolute atomic E-state index is 0.0249. The number of aromatic hydroxyl groups is 1. The number of hydrogen-bond donors (Lipinski definition) is 3. The van der Waals surface area contributed by atoms with E-state index in [1.165, 1.54) is 42.1 Å². The van der Waals surface area contributed by atoms with Crippen LogP contribution in [0.5, 0.6) is 5.75 Å². The molecule has 234 valence electrons. The highest BCUT2D eigenvalue weighted by atomic mass is 16.3. The number of benzene rings is 3. The van der Waals surface area contributed by atoms with E-state index in [9.17, 15) is 14.7 Å². The fourth-order valence-corrected chi connectivity index (χ4v) is 8.50. The van der Waals surface area contributed by atoms with Crippen LogP contribution < -0.4 is 11.1 Å². The number of nitrogens with two attached hydrogens (primary N) is 1. The maximum absolute atomic E-state index is 13.5. The van der Waals surface area contributed by atoms with E-state index in [1.54, 1.807) is 0 Å². The van der Waals surface area contributed by atoms with Gasteiger partial charge in [-0.1, -0.05) is 42.5 Å². The predicted octanol–water partition coefficient (Wildman–Crippen LogP) is 5.97. The largest absolute Gasteiger partial charge is 0.507 e. The molecule has 4 heterocycles. The van der Waals surface area contributed by atoms with Gasteiger partial charge in [0.15, 0.2) is 0 Å². The number of para-hydroxylation sites is 2. The third-order valence-corrected chi connectivity index (χ3v) is 10.7. The van der Waals surface area contributed by atoms with Crippen LogP contribution in [0.4, 0.5) is 10.5 Å². The zero-order valence-electron chi connectivity index (χ0n) is 25.9. The summed E-state index contributed by atoms with van der Waals surface area (Å²) in [5.74, 6) is 0.778. The molecule has 1 unspecified atom stereocenters. The van der Waals surface area contributed by atoms with Crippen molar-refractivity contribution in [1.82, 2.24) is 19.4 Å². The van der Waals surface area contributed by atoms with Crippen molar-refractivity contribution in [3.05, 3.63) is 89.7 Å². The zero-order chi connectivity index (χ0) is 31.1. The Labute approximate surface area is 264 Å².